The fraction of sp³-hybridized carbons (Fsp3) is 0.500. The zero-order valence-corrected chi connectivity index (χ0v) is 10.6. The average Bonchev–Trinajstić information content (AvgIpc) is 2.81. The highest BCUT2D eigenvalue weighted by atomic mass is 15.4. The minimum atomic E-state index is 0.241. The third-order valence-electron chi connectivity index (χ3n) is 2.00. The van der Waals surface area contributed by atoms with Crippen LogP contribution >= 0.6 is 0 Å². The molecule has 8 nitrogen and oxygen atoms in total. The molecule has 0 unspecified atom stereocenters. The van der Waals surface area contributed by atoms with Gasteiger partial charge < -0.3 is 10.6 Å². The zero-order valence-electron chi connectivity index (χ0n) is 10.6. The summed E-state index contributed by atoms with van der Waals surface area (Å²) in [7, 11) is 0. The molecule has 0 fully saturated rings. The molecule has 0 saturated heterocycles. The molecule has 0 saturated carbocycles. The Balaban J connectivity index is 2.36. The normalized spacial score (nSPS) is 10.7. The smallest absolute Gasteiger partial charge is 0.258 e. The summed E-state index contributed by atoms with van der Waals surface area (Å²) in [5, 5.41) is 10.2. The molecule has 2 aromatic rings. The Morgan fingerprint density at radius 3 is 2.61 bits per heavy atom. The van der Waals surface area contributed by atoms with E-state index in [9.17, 15) is 0 Å². The molecule has 2 aromatic heterocycles. The molecule has 0 amide bonds. The van der Waals surface area contributed by atoms with Gasteiger partial charge in [-0.25, -0.2) is 4.98 Å². The van der Waals surface area contributed by atoms with E-state index in [1.807, 2.05) is 20.8 Å². The molecule has 0 aliphatic heterocycles. The molecule has 0 bridgehead atoms. The number of hydrogen-bond acceptors (Lipinski definition) is 7. The summed E-state index contributed by atoms with van der Waals surface area (Å²) in [5.41, 5.74) is 0. The van der Waals surface area contributed by atoms with Crippen LogP contribution in [-0.4, -0.2) is 42.3 Å². The summed E-state index contributed by atoms with van der Waals surface area (Å²) in [6, 6.07) is 0.241. The standard InChI is InChI=1S/C10H16N8/c1-4-12-8-15-9(14-7(2)3)17-10(16-8)18-6-11-5-13-18/h5-7H,4H2,1-3H3,(H2,12,14,15,16,17). The van der Waals surface area contributed by atoms with Crippen LogP contribution < -0.4 is 10.6 Å². The van der Waals surface area contributed by atoms with Crippen LogP contribution in [-0.2, 0) is 0 Å². The second-order valence-corrected chi connectivity index (χ2v) is 3.95. The molecule has 0 radical (unpaired) electrons. The Kier molecular flexibility index (Phi) is 3.66. The van der Waals surface area contributed by atoms with Crippen molar-refractivity contribution in [1.29, 1.82) is 0 Å². The van der Waals surface area contributed by atoms with Crippen molar-refractivity contribution >= 4 is 11.9 Å². The third-order valence-corrected chi connectivity index (χ3v) is 2.00. The predicted molar refractivity (Wildman–Crippen MR) is 67.7 cm³/mol. The average molecular weight is 248 g/mol. The summed E-state index contributed by atoms with van der Waals surface area (Å²) in [6.45, 7) is 6.76. The Hall–Kier alpha value is -2.25. The van der Waals surface area contributed by atoms with E-state index in [1.54, 1.807) is 6.33 Å². The molecular weight excluding hydrogens is 232 g/mol. The first-order valence-corrected chi connectivity index (χ1v) is 5.80. The Labute approximate surface area is 105 Å². The van der Waals surface area contributed by atoms with Gasteiger partial charge in [-0.15, -0.1) is 0 Å². The molecular formula is C10H16N8. The molecule has 0 aliphatic carbocycles. The van der Waals surface area contributed by atoms with Gasteiger partial charge in [0.05, 0.1) is 0 Å². The van der Waals surface area contributed by atoms with Crippen LogP contribution in [0.1, 0.15) is 20.8 Å². The maximum Gasteiger partial charge on any atom is 0.258 e. The molecule has 0 aliphatic rings. The number of aromatic nitrogens is 6. The van der Waals surface area contributed by atoms with Gasteiger partial charge in [-0.1, -0.05) is 0 Å². The molecule has 18 heavy (non-hydrogen) atoms. The third kappa shape index (κ3) is 2.90. The number of anilines is 2. The first-order valence-electron chi connectivity index (χ1n) is 5.80. The molecule has 2 N–H and O–H groups in total. The van der Waals surface area contributed by atoms with Crippen molar-refractivity contribution in [2.45, 2.75) is 26.8 Å². The van der Waals surface area contributed by atoms with Gasteiger partial charge in [0, 0.05) is 12.6 Å². The molecule has 96 valence electrons. The monoisotopic (exact) mass is 248 g/mol. The number of hydrogen-bond donors (Lipinski definition) is 2. The van der Waals surface area contributed by atoms with Crippen molar-refractivity contribution in [3.8, 4) is 5.95 Å². The van der Waals surface area contributed by atoms with Gasteiger partial charge in [-0.3, -0.25) is 0 Å². The molecule has 2 heterocycles. The molecule has 0 spiro atoms. The Morgan fingerprint density at radius 1 is 1.22 bits per heavy atom. The fourth-order valence-electron chi connectivity index (χ4n) is 1.34. The van der Waals surface area contributed by atoms with Crippen molar-refractivity contribution < 1.29 is 0 Å². The van der Waals surface area contributed by atoms with Crippen LogP contribution in [0.2, 0.25) is 0 Å². The van der Waals surface area contributed by atoms with Crippen LogP contribution in [0.15, 0.2) is 12.7 Å². The molecule has 0 atom stereocenters. The number of nitrogens with zero attached hydrogens (tertiary/aromatic N) is 6. The van der Waals surface area contributed by atoms with Gasteiger partial charge in [-0.05, 0) is 20.8 Å². The summed E-state index contributed by atoms with van der Waals surface area (Å²) in [6.07, 6.45) is 2.98. The predicted octanol–water partition coefficient (Wildman–Crippen LogP) is 0.704. The summed E-state index contributed by atoms with van der Waals surface area (Å²) >= 11 is 0. The van der Waals surface area contributed by atoms with Crippen molar-refractivity contribution in [2.24, 2.45) is 0 Å². The summed E-state index contributed by atoms with van der Waals surface area (Å²) < 4.78 is 1.49. The minimum absolute atomic E-state index is 0.241. The highest BCUT2D eigenvalue weighted by Gasteiger charge is 2.08. The first kappa shape index (κ1) is 12.2. The molecule has 2 rings (SSSR count). The summed E-state index contributed by atoms with van der Waals surface area (Å²) in [4.78, 5) is 16.7. The topological polar surface area (TPSA) is 93.4 Å². The first-order chi connectivity index (χ1) is 8.69. The van der Waals surface area contributed by atoms with E-state index >= 15 is 0 Å². The van der Waals surface area contributed by atoms with E-state index in [1.165, 1.54) is 11.0 Å². The van der Waals surface area contributed by atoms with E-state index in [0.717, 1.165) is 6.54 Å². The van der Waals surface area contributed by atoms with Crippen LogP contribution in [0.5, 0.6) is 0 Å². The highest BCUT2D eigenvalue weighted by molar-refractivity contribution is 5.37. The zero-order chi connectivity index (χ0) is 13.0. The minimum Gasteiger partial charge on any atom is -0.354 e. The Bertz CT molecular complexity index is 493. The van der Waals surface area contributed by atoms with Crippen molar-refractivity contribution in [3.05, 3.63) is 12.7 Å². The maximum atomic E-state index is 4.29. The van der Waals surface area contributed by atoms with Crippen molar-refractivity contribution in [2.75, 3.05) is 17.2 Å². The molecule has 8 heteroatoms. The van der Waals surface area contributed by atoms with Gasteiger partial charge in [-0.2, -0.15) is 24.7 Å². The number of rotatable bonds is 5. The van der Waals surface area contributed by atoms with E-state index in [2.05, 4.69) is 35.7 Å². The lowest BCUT2D eigenvalue weighted by Gasteiger charge is -2.10. The van der Waals surface area contributed by atoms with Gasteiger partial charge in [0.1, 0.15) is 12.7 Å². The van der Waals surface area contributed by atoms with Gasteiger partial charge in [0.15, 0.2) is 0 Å². The van der Waals surface area contributed by atoms with Gasteiger partial charge in [0.2, 0.25) is 11.9 Å². The van der Waals surface area contributed by atoms with Crippen LogP contribution in [0, 0.1) is 0 Å². The van der Waals surface area contributed by atoms with Crippen molar-refractivity contribution in [3.63, 3.8) is 0 Å². The number of nitrogens with one attached hydrogen (secondary N) is 2. The van der Waals surface area contributed by atoms with Crippen LogP contribution in [0.3, 0.4) is 0 Å². The lowest BCUT2D eigenvalue weighted by Crippen LogP contribution is -2.16. The highest BCUT2D eigenvalue weighted by Crippen LogP contribution is 2.08. The van der Waals surface area contributed by atoms with E-state index in [0.29, 0.717) is 17.8 Å². The van der Waals surface area contributed by atoms with Crippen LogP contribution in [0.25, 0.3) is 5.95 Å². The second-order valence-electron chi connectivity index (χ2n) is 3.95. The van der Waals surface area contributed by atoms with E-state index in [-0.39, 0.29) is 6.04 Å². The largest absolute Gasteiger partial charge is 0.354 e. The lowest BCUT2D eigenvalue weighted by molar-refractivity contribution is 0.785. The lowest BCUT2D eigenvalue weighted by atomic mass is 10.4. The summed E-state index contributed by atoms with van der Waals surface area (Å²) in [5.74, 6) is 1.46. The van der Waals surface area contributed by atoms with E-state index in [4.69, 9.17) is 0 Å². The second kappa shape index (κ2) is 5.39. The molecule has 0 aromatic carbocycles. The maximum absolute atomic E-state index is 4.29. The van der Waals surface area contributed by atoms with Gasteiger partial charge in [0.25, 0.3) is 5.95 Å². The van der Waals surface area contributed by atoms with E-state index < -0.39 is 0 Å². The Morgan fingerprint density at radius 2 is 2.00 bits per heavy atom. The SMILES string of the molecule is CCNc1nc(NC(C)C)nc(-n2cncn2)n1. The van der Waals surface area contributed by atoms with Crippen LogP contribution in [0.4, 0.5) is 11.9 Å². The van der Waals surface area contributed by atoms with Crippen molar-refractivity contribution in [1.82, 2.24) is 29.7 Å². The fourth-order valence-corrected chi connectivity index (χ4v) is 1.34. The van der Waals surface area contributed by atoms with Gasteiger partial charge >= 0.3 is 0 Å². The quantitative estimate of drug-likeness (QED) is 0.804.